The van der Waals surface area contributed by atoms with E-state index in [1.165, 1.54) is 25.7 Å². The summed E-state index contributed by atoms with van der Waals surface area (Å²) in [5, 5.41) is 13.8. The molecule has 1 aromatic heterocycles. The molecule has 3 heteroatoms. The van der Waals surface area contributed by atoms with Crippen molar-refractivity contribution in [2.24, 2.45) is 5.92 Å². The second kappa shape index (κ2) is 4.21. The molecule has 0 aromatic carbocycles. The molecule has 1 heterocycles. The molecule has 0 spiro atoms. The van der Waals surface area contributed by atoms with Crippen LogP contribution in [0.3, 0.4) is 0 Å². The molecule has 1 saturated carbocycles. The van der Waals surface area contributed by atoms with Crippen LogP contribution in [0.1, 0.15) is 63.8 Å². The van der Waals surface area contributed by atoms with Crippen molar-refractivity contribution < 1.29 is 9.63 Å². The predicted molar refractivity (Wildman–Crippen MR) is 62.1 cm³/mol. The van der Waals surface area contributed by atoms with E-state index in [2.05, 4.69) is 12.1 Å². The van der Waals surface area contributed by atoms with Gasteiger partial charge >= 0.3 is 0 Å². The van der Waals surface area contributed by atoms with Crippen LogP contribution in [0, 0.1) is 5.92 Å². The van der Waals surface area contributed by atoms with Gasteiger partial charge in [0.25, 0.3) is 0 Å². The molecule has 1 aliphatic carbocycles. The molecule has 0 aliphatic heterocycles. The van der Waals surface area contributed by atoms with Gasteiger partial charge in [0.05, 0.1) is 0 Å². The summed E-state index contributed by atoms with van der Waals surface area (Å²) < 4.78 is 5.36. The molecular weight excluding hydrogens is 202 g/mol. The third kappa shape index (κ3) is 2.46. The molecule has 1 N–H and O–H groups in total. The second-order valence-corrected chi connectivity index (χ2v) is 5.63. The van der Waals surface area contributed by atoms with Crippen molar-refractivity contribution in [2.45, 2.75) is 58.0 Å². The van der Waals surface area contributed by atoms with Crippen molar-refractivity contribution in [3.05, 3.63) is 17.5 Å². The van der Waals surface area contributed by atoms with E-state index in [9.17, 15) is 5.11 Å². The summed E-state index contributed by atoms with van der Waals surface area (Å²) in [7, 11) is 0. The molecule has 1 aromatic rings. The quantitative estimate of drug-likeness (QED) is 0.837. The molecule has 3 nitrogen and oxygen atoms in total. The SMILES string of the molecule is CC1CCC(c2cc(C(C)(C)O)no2)CC1. The fourth-order valence-electron chi connectivity index (χ4n) is 2.31. The zero-order valence-corrected chi connectivity index (χ0v) is 10.4. The van der Waals surface area contributed by atoms with E-state index >= 15 is 0 Å². The number of hydrogen-bond acceptors (Lipinski definition) is 3. The first-order chi connectivity index (χ1) is 7.47. The molecule has 0 amide bonds. The minimum absolute atomic E-state index is 0.500. The van der Waals surface area contributed by atoms with Crippen LogP contribution in [0.5, 0.6) is 0 Å². The van der Waals surface area contributed by atoms with Crippen LogP contribution >= 0.6 is 0 Å². The first-order valence-electron chi connectivity index (χ1n) is 6.16. The molecule has 16 heavy (non-hydrogen) atoms. The number of aliphatic hydroxyl groups is 1. The van der Waals surface area contributed by atoms with E-state index in [0.29, 0.717) is 11.6 Å². The van der Waals surface area contributed by atoms with Gasteiger partial charge in [-0.25, -0.2) is 0 Å². The Balaban J connectivity index is 2.08. The first-order valence-corrected chi connectivity index (χ1v) is 6.16. The van der Waals surface area contributed by atoms with Gasteiger partial charge in [-0.15, -0.1) is 0 Å². The minimum Gasteiger partial charge on any atom is -0.384 e. The highest BCUT2D eigenvalue weighted by molar-refractivity contribution is 5.15. The monoisotopic (exact) mass is 223 g/mol. The van der Waals surface area contributed by atoms with E-state index in [1.54, 1.807) is 13.8 Å². The molecule has 0 bridgehead atoms. The van der Waals surface area contributed by atoms with Gasteiger partial charge in [-0.3, -0.25) is 0 Å². The van der Waals surface area contributed by atoms with Crippen molar-refractivity contribution in [3.8, 4) is 0 Å². The summed E-state index contributed by atoms with van der Waals surface area (Å²) in [5.41, 5.74) is -0.259. The zero-order valence-electron chi connectivity index (χ0n) is 10.4. The normalized spacial score (nSPS) is 27.0. The first kappa shape index (κ1) is 11.6. The topological polar surface area (TPSA) is 46.3 Å². The maximum atomic E-state index is 9.82. The third-order valence-corrected chi connectivity index (χ3v) is 3.57. The maximum absolute atomic E-state index is 9.82. The van der Waals surface area contributed by atoms with Gasteiger partial charge in [-0.2, -0.15) is 0 Å². The van der Waals surface area contributed by atoms with Gasteiger partial charge in [-0.1, -0.05) is 24.9 Å². The van der Waals surface area contributed by atoms with E-state index < -0.39 is 5.60 Å². The molecule has 0 unspecified atom stereocenters. The fourth-order valence-corrected chi connectivity index (χ4v) is 2.31. The lowest BCUT2D eigenvalue weighted by Crippen LogP contribution is -2.15. The van der Waals surface area contributed by atoms with Gasteiger partial charge in [-0.05, 0) is 32.6 Å². The van der Waals surface area contributed by atoms with Gasteiger partial charge in [0.15, 0.2) is 0 Å². The highest BCUT2D eigenvalue weighted by atomic mass is 16.5. The highest BCUT2D eigenvalue weighted by Gasteiger charge is 2.26. The van der Waals surface area contributed by atoms with Gasteiger partial charge in [0.2, 0.25) is 0 Å². The van der Waals surface area contributed by atoms with E-state index in [-0.39, 0.29) is 0 Å². The summed E-state index contributed by atoms with van der Waals surface area (Å²) in [6, 6.07) is 1.92. The van der Waals surface area contributed by atoms with Gasteiger partial charge in [0.1, 0.15) is 17.1 Å². The molecule has 2 rings (SSSR count). The summed E-state index contributed by atoms with van der Waals surface area (Å²) in [6.45, 7) is 5.77. The highest BCUT2D eigenvalue weighted by Crippen LogP contribution is 2.36. The van der Waals surface area contributed by atoms with E-state index in [1.807, 2.05) is 6.07 Å². The molecule has 1 fully saturated rings. The Morgan fingerprint density at radius 2 is 1.94 bits per heavy atom. The lowest BCUT2D eigenvalue weighted by molar-refractivity contribution is 0.0699. The van der Waals surface area contributed by atoms with Crippen LogP contribution in [-0.4, -0.2) is 10.3 Å². The molecule has 0 radical (unpaired) electrons. The Morgan fingerprint density at radius 3 is 2.44 bits per heavy atom. The Bertz CT molecular complexity index is 343. The average molecular weight is 223 g/mol. The molecule has 0 atom stereocenters. The lowest BCUT2D eigenvalue weighted by atomic mass is 9.81. The zero-order chi connectivity index (χ0) is 11.8. The summed E-state index contributed by atoms with van der Waals surface area (Å²) >= 11 is 0. The number of hydrogen-bond donors (Lipinski definition) is 1. The Kier molecular flexibility index (Phi) is 3.06. The number of aromatic nitrogens is 1. The van der Waals surface area contributed by atoms with Crippen molar-refractivity contribution in [1.29, 1.82) is 0 Å². The van der Waals surface area contributed by atoms with Gasteiger partial charge < -0.3 is 9.63 Å². The van der Waals surface area contributed by atoms with Crippen LogP contribution in [0.25, 0.3) is 0 Å². The summed E-state index contributed by atoms with van der Waals surface area (Å²) in [5.74, 6) is 2.29. The Morgan fingerprint density at radius 1 is 1.31 bits per heavy atom. The summed E-state index contributed by atoms with van der Waals surface area (Å²) in [6.07, 6.45) is 4.90. The standard InChI is InChI=1S/C13H21NO2/c1-9-4-6-10(7-5-9)11-8-12(14-16-11)13(2,3)15/h8-10,15H,4-7H2,1-3H3. The van der Waals surface area contributed by atoms with E-state index in [4.69, 9.17) is 4.52 Å². The second-order valence-electron chi connectivity index (χ2n) is 5.63. The van der Waals surface area contributed by atoms with Crippen LogP contribution in [0.2, 0.25) is 0 Å². The van der Waals surface area contributed by atoms with Crippen LogP contribution in [-0.2, 0) is 5.60 Å². The molecular formula is C13H21NO2. The Labute approximate surface area is 96.8 Å². The smallest absolute Gasteiger partial charge is 0.140 e. The van der Waals surface area contributed by atoms with Crippen LogP contribution in [0.15, 0.2) is 10.6 Å². The number of nitrogens with zero attached hydrogens (tertiary/aromatic N) is 1. The van der Waals surface area contributed by atoms with Crippen molar-refractivity contribution >= 4 is 0 Å². The molecule has 1 aliphatic rings. The lowest BCUT2D eigenvalue weighted by Gasteiger charge is -2.23. The average Bonchev–Trinajstić information content (AvgIpc) is 2.67. The largest absolute Gasteiger partial charge is 0.384 e. The number of rotatable bonds is 2. The van der Waals surface area contributed by atoms with Crippen molar-refractivity contribution in [3.63, 3.8) is 0 Å². The fraction of sp³-hybridized carbons (Fsp3) is 0.769. The minimum atomic E-state index is -0.899. The molecule has 90 valence electrons. The van der Waals surface area contributed by atoms with Crippen molar-refractivity contribution in [2.75, 3.05) is 0 Å². The van der Waals surface area contributed by atoms with Crippen LogP contribution in [0.4, 0.5) is 0 Å². The predicted octanol–water partition coefficient (Wildman–Crippen LogP) is 3.20. The van der Waals surface area contributed by atoms with Gasteiger partial charge in [0, 0.05) is 12.0 Å². The third-order valence-electron chi connectivity index (χ3n) is 3.57. The maximum Gasteiger partial charge on any atom is 0.140 e. The molecule has 0 saturated heterocycles. The van der Waals surface area contributed by atoms with Crippen LogP contribution < -0.4 is 0 Å². The van der Waals surface area contributed by atoms with E-state index in [0.717, 1.165) is 11.7 Å². The van der Waals surface area contributed by atoms with Crippen molar-refractivity contribution in [1.82, 2.24) is 5.16 Å². The Hall–Kier alpha value is -0.830. The summed E-state index contributed by atoms with van der Waals surface area (Å²) in [4.78, 5) is 0.